The fourth-order valence-electron chi connectivity index (χ4n) is 1.96. The zero-order valence-corrected chi connectivity index (χ0v) is 11.0. The van der Waals surface area contributed by atoms with E-state index >= 15 is 0 Å². The standard InChI is InChI=1S/C13H17N3O3/c1-3-10-15-11(13(17)18-2)12(14)16(10)7-6-9-5-4-8-19-9/h4-5,8H,3,6-7,14H2,1-2H3. The Morgan fingerprint density at radius 1 is 1.58 bits per heavy atom. The first-order valence-corrected chi connectivity index (χ1v) is 6.13. The number of imidazole rings is 1. The highest BCUT2D eigenvalue weighted by Gasteiger charge is 2.20. The van der Waals surface area contributed by atoms with Crippen molar-refractivity contribution in [3.8, 4) is 0 Å². The molecular formula is C13H17N3O3. The van der Waals surface area contributed by atoms with Crippen LogP contribution in [0, 0.1) is 0 Å². The number of carbonyl (C=O) groups excluding carboxylic acids is 1. The van der Waals surface area contributed by atoms with Crippen molar-refractivity contribution in [3.05, 3.63) is 35.7 Å². The fourth-order valence-corrected chi connectivity index (χ4v) is 1.96. The molecule has 0 fully saturated rings. The number of hydrogen-bond donors (Lipinski definition) is 1. The van der Waals surface area contributed by atoms with Gasteiger partial charge >= 0.3 is 5.97 Å². The third kappa shape index (κ3) is 2.62. The van der Waals surface area contributed by atoms with Crippen LogP contribution in [0.2, 0.25) is 0 Å². The van der Waals surface area contributed by atoms with Gasteiger partial charge in [-0.25, -0.2) is 9.78 Å². The Bertz CT molecular complexity index is 558. The molecule has 2 heterocycles. The second-order valence-electron chi connectivity index (χ2n) is 4.09. The van der Waals surface area contributed by atoms with Gasteiger partial charge in [0.1, 0.15) is 17.4 Å². The summed E-state index contributed by atoms with van der Waals surface area (Å²) in [6, 6.07) is 3.74. The molecule has 0 saturated carbocycles. The molecule has 2 aromatic rings. The van der Waals surface area contributed by atoms with Crippen molar-refractivity contribution >= 4 is 11.8 Å². The van der Waals surface area contributed by atoms with Gasteiger partial charge in [-0.05, 0) is 12.1 Å². The maximum Gasteiger partial charge on any atom is 0.360 e. The predicted octanol–water partition coefficient (Wildman–Crippen LogP) is 1.65. The number of carbonyl (C=O) groups is 1. The first-order valence-electron chi connectivity index (χ1n) is 6.13. The molecule has 6 heteroatoms. The molecule has 0 aliphatic heterocycles. The van der Waals surface area contributed by atoms with Crippen LogP contribution in [0.15, 0.2) is 22.8 Å². The topological polar surface area (TPSA) is 83.3 Å². The predicted molar refractivity (Wildman–Crippen MR) is 69.8 cm³/mol. The van der Waals surface area contributed by atoms with Gasteiger partial charge < -0.3 is 19.5 Å². The lowest BCUT2D eigenvalue weighted by molar-refractivity contribution is 0.0595. The van der Waals surface area contributed by atoms with E-state index in [0.717, 1.165) is 11.6 Å². The lowest BCUT2D eigenvalue weighted by Gasteiger charge is -2.07. The van der Waals surface area contributed by atoms with Gasteiger partial charge in [0, 0.05) is 19.4 Å². The van der Waals surface area contributed by atoms with Gasteiger partial charge in [-0.3, -0.25) is 0 Å². The molecule has 2 aromatic heterocycles. The average Bonchev–Trinajstić information content (AvgIpc) is 3.03. The molecule has 0 radical (unpaired) electrons. The lowest BCUT2D eigenvalue weighted by Crippen LogP contribution is -2.10. The maximum atomic E-state index is 11.6. The summed E-state index contributed by atoms with van der Waals surface area (Å²) >= 11 is 0. The molecule has 6 nitrogen and oxygen atoms in total. The van der Waals surface area contributed by atoms with E-state index in [-0.39, 0.29) is 5.69 Å². The van der Waals surface area contributed by atoms with Crippen LogP contribution < -0.4 is 5.73 Å². The number of rotatable bonds is 5. The second-order valence-corrected chi connectivity index (χ2v) is 4.09. The summed E-state index contributed by atoms with van der Waals surface area (Å²) in [5.41, 5.74) is 6.14. The van der Waals surface area contributed by atoms with Gasteiger partial charge in [0.25, 0.3) is 0 Å². The third-order valence-electron chi connectivity index (χ3n) is 2.94. The van der Waals surface area contributed by atoms with E-state index in [0.29, 0.717) is 25.2 Å². The molecule has 19 heavy (non-hydrogen) atoms. The Balaban J connectivity index is 2.23. The van der Waals surface area contributed by atoms with E-state index in [9.17, 15) is 4.79 Å². The lowest BCUT2D eigenvalue weighted by atomic mass is 10.3. The Morgan fingerprint density at radius 2 is 2.37 bits per heavy atom. The number of nitrogens with two attached hydrogens (primary N) is 1. The van der Waals surface area contributed by atoms with E-state index in [2.05, 4.69) is 9.72 Å². The summed E-state index contributed by atoms with van der Waals surface area (Å²) in [6.45, 7) is 2.58. The van der Waals surface area contributed by atoms with E-state index in [1.807, 2.05) is 23.6 Å². The van der Waals surface area contributed by atoms with Crippen LogP contribution in [-0.2, 0) is 24.1 Å². The molecule has 2 N–H and O–H groups in total. The van der Waals surface area contributed by atoms with Crippen molar-refractivity contribution in [1.82, 2.24) is 9.55 Å². The summed E-state index contributed by atoms with van der Waals surface area (Å²) in [6.07, 6.45) is 3.02. The molecule has 0 saturated heterocycles. The Labute approximate surface area is 111 Å². The Kier molecular flexibility index (Phi) is 3.89. The molecule has 2 rings (SSSR count). The summed E-state index contributed by atoms with van der Waals surface area (Å²) in [5.74, 6) is 1.47. The van der Waals surface area contributed by atoms with Crippen LogP contribution in [0.4, 0.5) is 5.82 Å². The summed E-state index contributed by atoms with van der Waals surface area (Å²) in [7, 11) is 1.31. The van der Waals surface area contributed by atoms with Crippen LogP contribution in [0.25, 0.3) is 0 Å². The van der Waals surface area contributed by atoms with E-state index in [1.165, 1.54) is 7.11 Å². The van der Waals surface area contributed by atoms with Crippen molar-refractivity contribution < 1.29 is 13.9 Å². The fraction of sp³-hybridized carbons (Fsp3) is 0.385. The van der Waals surface area contributed by atoms with Gasteiger partial charge in [0.15, 0.2) is 5.69 Å². The Hall–Kier alpha value is -2.24. The first-order chi connectivity index (χ1) is 9.17. The quantitative estimate of drug-likeness (QED) is 0.829. The van der Waals surface area contributed by atoms with Gasteiger partial charge in [0.05, 0.1) is 13.4 Å². The number of nitrogens with zero attached hydrogens (tertiary/aromatic N) is 2. The highest BCUT2D eigenvalue weighted by Crippen LogP contribution is 2.17. The summed E-state index contributed by atoms with van der Waals surface area (Å²) < 4.78 is 11.8. The van der Waals surface area contributed by atoms with Crippen molar-refractivity contribution in [1.29, 1.82) is 0 Å². The summed E-state index contributed by atoms with van der Waals surface area (Å²) in [5, 5.41) is 0. The normalized spacial score (nSPS) is 10.6. The first kappa shape index (κ1) is 13.2. The molecule has 0 bridgehead atoms. The molecule has 0 amide bonds. The van der Waals surface area contributed by atoms with E-state index in [4.69, 9.17) is 10.2 Å². The minimum atomic E-state index is -0.510. The van der Waals surface area contributed by atoms with E-state index < -0.39 is 5.97 Å². The number of methoxy groups -OCH3 is 1. The largest absolute Gasteiger partial charge is 0.469 e. The van der Waals surface area contributed by atoms with Crippen molar-refractivity contribution in [2.45, 2.75) is 26.3 Å². The average molecular weight is 263 g/mol. The monoisotopic (exact) mass is 263 g/mol. The highest BCUT2D eigenvalue weighted by atomic mass is 16.5. The number of nitrogen functional groups attached to an aromatic ring is 1. The molecule has 0 spiro atoms. The van der Waals surface area contributed by atoms with Crippen LogP contribution in [0.3, 0.4) is 0 Å². The van der Waals surface area contributed by atoms with Crippen molar-refractivity contribution in [2.75, 3.05) is 12.8 Å². The second kappa shape index (κ2) is 5.60. The highest BCUT2D eigenvalue weighted by molar-refractivity contribution is 5.92. The molecule has 102 valence electrons. The SMILES string of the molecule is CCc1nc(C(=O)OC)c(N)n1CCc1ccco1. The zero-order valence-electron chi connectivity index (χ0n) is 11.0. The number of aromatic nitrogens is 2. The van der Waals surface area contributed by atoms with Crippen LogP contribution in [0.5, 0.6) is 0 Å². The van der Waals surface area contributed by atoms with Crippen molar-refractivity contribution in [3.63, 3.8) is 0 Å². The molecule has 0 aliphatic rings. The minimum Gasteiger partial charge on any atom is -0.469 e. The van der Waals surface area contributed by atoms with Crippen LogP contribution in [0.1, 0.15) is 29.0 Å². The molecule has 0 aromatic carbocycles. The van der Waals surface area contributed by atoms with Gasteiger partial charge in [-0.1, -0.05) is 6.92 Å². The number of ether oxygens (including phenoxy) is 1. The molecular weight excluding hydrogens is 246 g/mol. The number of aryl methyl sites for hydroxylation is 2. The summed E-state index contributed by atoms with van der Waals surface area (Å²) in [4.78, 5) is 15.8. The number of esters is 1. The Morgan fingerprint density at radius 3 is 2.95 bits per heavy atom. The van der Waals surface area contributed by atoms with Gasteiger partial charge in [-0.2, -0.15) is 0 Å². The van der Waals surface area contributed by atoms with Crippen molar-refractivity contribution in [2.24, 2.45) is 0 Å². The number of furan rings is 1. The van der Waals surface area contributed by atoms with Gasteiger partial charge in [0.2, 0.25) is 0 Å². The minimum absolute atomic E-state index is 0.179. The smallest absolute Gasteiger partial charge is 0.360 e. The van der Waals surface area contributed by atoms with Crippen LogP contribution >= 0.6 is 0 Å². The molecule has 0 aliphatic carbocycles. The van der Waals surface area contributed by atoms with E-state index in [1.54, 1.807) is 6.26 Å². The number of anilines is 1. The number of hydrogen-bond acceptors (Lipinski definition) is 5. The maximum absolute atomic E-state index is 11.6. The van der Waals surface area contributed by atoms with Gasteiger partial charge in [-0.15, -0.1) is 0 Å². The van der Waals surface area contributed by atoms with Crippen LogP contribution in [-0.4, -0.2) is 22.6 Å². The third-order valence-corrected chi connectivity index (χ3v) is 2.94. The zero-order chi connectivity index (χ0) is 13.8. The molecule has 0 unspecified atom stereocenters. The molecule has 0 atom stereocenters.